The number of hydrogen-bond acceptors (Lipinski definition) is 2. The number of allylic oxidation sites excluding steroid dienone is 2. The van der Waals surface area contributed by atoms with Crippen molar-refractivity contribution in [1.82, 2.24) is 0 Å². The van der Waals surface area contributed by atoms with Crippen molar-refractivity contribution in [3.05, 3.63) is 48.0 Å². The normalized spacial score (nSPS) is 10.6. The zero-order valence-corrected chi connectivity index (χ0v) is 9.69. The van der Waals surface area contributed by atoms with Crippen LogP contribution in [0.2, 0.25) is 0 Å². The lowest BCUT2D eigenvalue weighted by Crippen LogP contribution is -2.03. The molecule has 0 bridgehead atoms. The molecule has 0 aliphatic rings. The Morgan fingerprint density at radius 1 is 1.31 bits per heavy atom. The third-order valence-electron chi connectivity index (χ3n) is 2.23. The second-order valence-corrected chi connectivity index (χ2v) is 3.61. The Morgan fingerprint density at radius 3 is 2.75 bits per heavy atom. The van der Waals surface area contributed by atoms with Gasteiger partial charge in [0.25, 0.3) is 0 Å². The monoisotopic (exact) mass is 218 g/mol. The predicted octanol–water partition coefficient (Wildman–Crippen LogP) is 3.48. The molecule has 1 rings (SSSR count). The number of esters is 1. The van der Waals surface area contributed by atoms with Crippen molar-refractivity contribution in [3.8, 4) is 0 Å². The average Bonchev–Trinajstić information content (AvgIpc) is 2.33. The van der Waals surface area contributed by atoms with E-state index in [4.69, 9.17) is 4.74 Å². The molecular formula is C14H18O2. The van der Waals surface area contributed by atoms with E-state index in [9.17, 15) is 4.79 Å². The molecule has 2 heteroatoms. The summed E-state index contributed by atoms with van der Waals surface area (Å²) in [5, 5.41) is 0. The van der Waals surface area contributed by atoms with Crippen molar-refractivity contribution in [2.24, 2.45) is 0 Å². The van der Waals surface area contributed by atoms with Crippen LogP contribution < -0.4 is 0 Å². The first-order valence-electron chi connectivity index (χ1n) is 5.63. The Bertz CT molecular complexity index is 328. The lowest BCUT2D eigenvalue weighted by atomic mass is 10.2. The van der Waals surface area contributed by atoms with E-state index in [0.717, 1.165) is 18.4 Å². The van der Waals surface area contributed by atoms with Crippen molar-refractivity contribution >= 4 is 5.97 Å². The molecule has 86 valence electrons. The molecule has 1 aromatic rings. The first-order valence-corrected chi connectivity index (χ1v) is 5.63. The second kappa shape index (κ2) is 7.69. The molecule has 0 fully saturated rings. The van der Waals surface area contributed by atoms with E-state index < -0.39 is 0 Å². The molecule has 0 saturated heterocycles. The van der Waals surface area contributed by atoms with Gasteiger partial charge in [-0.1, -0.05) is 42.5 Å². The van der Waals surface area contributed by atoms with Gasteiger partial charge in [-0.15, -0.1) is 0 Å². The fourth-order valence-electron chi connectivity index (χ4n) is 1.34. The maximum atomic E-state index is 11.3. The van der Waals surface area contributed by atoms with E-state index in [1.165, 1.54) is 0 Å². The second-order valence-electron chi connectivity index (χ2n) is 3.61. The van der Waals surface area contributed by atoms with Gasteiger partial charge in [0.2, 0.25) is 0 Å². The van der Waals surface area contributed by atoms with Gasteiger partial charge in [0, 0.05) is 6.42 Å². The number of carbonyl (C=O) groups is 1. The predicted molar refractivity (Wildman–Crippen MR) is 64.9 cm³/mol. The summed E-state index contributed by atoms with van der Waals surface area (Å²) in [6.45, 7) is 2.36. The summed E-state index contributed by atoms with van der Waals surface area (Å²) in [6, 6.07) is 9.73. The van der Waals surface area contributed by atoms with Gasteiger partial charge in [0.15, 0.2) is 0 Å². The van der Waals surface area contributed by atoms with Gasteiger partial charge in [0.05, 0.1) is 0 Å². The number of rotatable bonds is 6. The van der Waals surface area contributed by atoms with Gasteiger partial charge in [-0.05, 0) is 25.3 Å². The standard InChI is InChI=1S/C14H18O2/c1-2-3-4-8-11-14(15)16-12-13-9-6-5-7-10-13/h2-3,5-7,9-10H,4,8,11-12H2,1H3/b3-2-. The van der Waals surface area contributed by atoms with E-state index in [1.54, 1.807) is 0 Å². The van der Waals surface area contributed by atoms with Gasteiger partial charge in [0.1, 0.15) is 6.61 Å². The molecular weight excluding hydrogens is 200 g/mol. The Labute approximate surface area is 96.9 Å². The summed E-state index contributed by atoms with van der Waals surface area (Å²) >= 11 is 0. The number of benzene rings is 1. The molecule has 1 aromatic carbocycles. The van der Waals surface area contributed by atoms with Crippen LogP contribution in [0.15, 0.2) is 42.5 Å². The summed E-state index contributed by atoms with van der Waals surface area (Å²) in [6.07, 6.45) is 6.35. The molecule has 0 aromatic heterocycles. The summed E-state index contributed by atoms with van der Waals surface area (Å²) in [5.74, 6) is -0.117. The zero-order valence-electron chi connectivity index (χ0n) is 9.69. The summed E-state index contributed by atoms with van der Waals surface area (Å²) in [4.78, 5) is 11.3. The summed E-state index contributed by atoms with van der Waals surface area (Å²) in [7, 11) is 0. The maximum Gasteiger partial charge on any atom is 0.306 e. The van der Waals surface area contributed by atoms with Crippen molar-refractivity contribution < 1.29 is 9.53 Å². The van der Waals surface area contributed by atoms with Crippen LogP contribution in [0.4, 0.5) is 0 Å². The molecule has 0 atom stereocenters. The van der Waals surface area contributed by atoms with E-state index in [0.29, 0.717) is 13.0 Å². The van der Waals surface area contributed by atoms with Crippen LogP contribution in [0.3, 0.4) is 0 Å². The number of unbranched alkanes of at least 4 members (excludes halogenated alkanes) is 1. The average molecular weight is 218 g/mol. The molecule has 0 amide bonds. The van der Waals surface area contributed by atoms with Crippen LogP contribution in [-0.2, 0) is 16.1 Å². The highest BCUT2D eigenvalue weighted by Crippen LogP contribution is 2.04. The molecule has 0 aliphatic heterocycles. The van der Waals surface area contributed by atoms with Crippen LogP contribution in [0.1, 0.15) is 31.7 Å². The molecule has 0 aliphatic carbocycles. The first kappa shape index (κ1) is 12.5. The van der Waals surface area contributed by atoms with E-state index in [-0.39, 0.29) is 5.97 Å². The van der Waals surface area contributed by atoms with Crippen LogP contribution in [-0.4, -0.2) is 5.97 Å². The molecule has 2 nitrogen and oxygen atoms in total. The lowest BCUT2D eigenvalue weighted by Gasteiger charge is -2.03. The Morgan fingerprint density at radius 2 is 2.06 bits per heavy atom. The Hall–Kier alpha value is -1.57. The first-order chi connectivity index (χ1) is 7.83. The number of hydrogen-bond donors (Lipinski definition) is 0. The van der Waals surface area contributed by atoms with E-state index >= 15 is 0 Å². The van der Waals surface area contributed by atoms with Gasteiger partial charge in [-0.3, -0.25) is 4.79 Å². The molecule has 0 radical (unpaired) electrons. The highest BCUT2D eigenvalue weighted by atomic mass is 16.5. The fraction of sp³-hybridized carbons (Fsp3) is 0.357. The van der Waals surface area contributed by atoms with Crippen LogP contribution >= 0.6 is 0 Å². The highest BCUT2D eigenvalue weighted by molar-refractivity contribution is 5.69. The quantitative estimate of drug-likeness (QED) is 0.415. The van der Waals surface area contributed by atoms with Gasteiger partial charge in [-0.2, -0.15) is 0 Å². The minimum Gasteiger partial charge on any atom is -0.461 e. The fourth-order valence-corrected chi connectivity index (χ4v) is 1.34. The molecule has 0 heterocycles. The Balaban J connectivity index is 2.15. The molecule has 0 saturated carbocycles. The summed E-state index contributed by atoms with van der Waals surface area (Å²) in [5.41, 5.74) is 1.03. The van der Waals surface area contributed by atoms with Gasteiger partial charge < -0.3 is 4.74 Å². The third kappa shape index (κ3) is 5.35. The van der Waals surface area contributed by atoms with Crippen molar-refractivity contribution in [2.45, 2.75) is 32.8 Å². The third-order valence-corrected chi connectivity index (χ3v) is 2.23. The number of ether oxygens (including phenoxy) is 1. The largest absolute Gasteiger partial charge is 0.461 e. The van der Waals surface area contributed by atoms with Gasteiger partial charge in [-0.25, -0.2) is 0 Å². The van der Waals surface area contributed by atoms with E-state index in [2.05, 4.69) is 6.08 Å². The van der Waals surface area contributed by atoms with Crippen LogP contribution in [0.5, 0.6) is 0 Å². The van der Waals surface area contributed by atoms with Crippen LogP contribution in [0, 0.1) is 0 Å². The minimum absolute atomic E-state index is 0.117. The Kier molecular flexibility index (Phi) is 6.00. The molecule has 0 unspecified atom stereocenters. The minimum atomic E-state index is -0.117. The maximum absolute atomic E-state index is 11.3. The number of carbonyl (C=O) groups excluding carboxylic acids is 1. The smallest absolute Gasteiger partial charge is 0.306 e. The molecule has 0 spiro atoms. The van der Waals surface area contributed by atoms with Crippen molar-refractivity contribution in [1.29, 1.82) is 0 Å². The summed E-state index contributed by atoms with van der Waals surface area (Å²) < 4.78 is 5.15. The van der Waals surface area contributed by atoms with Crippen LogP contribution in [0.25, 0.3) is 0 Å². The zero-order chi connectivity index (χ0) is 11.6. The van der Waals surface area contributed by atoms with Crippen molar-refractivity contribution in [2.75, 3.05) is 0 Å². The highest BCUT2D eigenvalue weighted by Gasteiger charge is 2.01. The lowest BCUT2D eigenvalue weighted by molar-refractivity contribution is -0.145. The topological polar surface area (TPSA) is 26.3 Å². The van der Waals surface area contributed by atoms with Crippen molar-refractivity contribution in [3.63, 3.8) is 0 Å². The SMILES string of the molecule is C/C=C\CCCC(=O)OCc1ccccc1. The van der Waals surface area contributed by atoms with Gasteiger partial charge >= 0.3 is 5.97 Å². The molecule has 16 heavy (non-hydrogen) atoms. The molecule has 0 N–H and O–H groups in total. The van der Waals surface area contributed by atoms with E-state index in [1.807, 2.05) is 43.3 Å².